The monoisotopic (exact) mass is 260 g/mol. The minimum Gasteiger partial charge on any atom is -0.477 e. The number of aromatic nitrogens is 3. The van der Waals surface area contributed by atoms with Crippen molar-refractivity contribution >= 4 is 11.7 Å². The van der Waals surface area contributed by atoms with Gasteiger partial charge in [-0.15, -0.1) is 0 Å². The lowest BCUT2D eigenvalue weighted by Gasteiger charge is -2.09. The molecular formula is C13H16N4O2. The van der Waals surface area contributed by atoms with Gasteiger partial charge in [-0.1, -0.05) is 0 Å². The smallest absolute Gasteiger partial charge is 0.262 e. The summed E-state index contributed by atoms with van der Waals surface area (Å²) in [4.78, 5) is 20.4. The summed E-state index contributed by atoms with van der Waals surface area (Å²) in [5, 5.41) is 2.71. The first kappa shape index (κ1) is 13.1. The van der Waals surface area contributed by atoms with Crippen LogP contribution in [0.3, 0.4) is 0 Å². The maximum atomic E-state index is 12.1. The number of hydrogen-bond donors (Lipinski definition) is 1. The highest BCUT2D eigenvalue weighted by Gasteiger charge is 2.15. The molecule has 0 bridgehead atoms. The third kappa shape index (κ3) is 3.09. The Balaban J connectivity index is 2.23. The van der Waals surface area contributed by atoms with Gasteiger partial charge in [-0.3, -0.25) is 4.79 Å². The molecule has 0 aromatic carbocycles. The molecule has 2 heterocycles. The highest BCUT2D eigenvalue weighted by molar-refractivity contribution is 6.05. The molecule has 2 aromatic rings. The predicted octanol–water partition coefficient (Wildman–Crippen LogP) is 1.77. The van der Waals surface area contributed by atoms with Crippen LogP contribution >= 0.6 is 0 Å². The van der Waals surface area contributed by atoms with E-state index in [-0.39, 0.29) is 5.91 Å². The lowest BCUT2D eigenvalue weighted by molar-refractivity contribution is 0.102. The number of rotatable bonds is 4. The van der Waals surface area contributed by atoms with E-state index in [9.17, 15) is 4.79 Å². The maximum absolute atomic E-state index is 12.1. The number of anilines is 1. The fourth-order valence-electron chi connectivity index (χ4n) is 1.61. The number of nitrogens with zero attached hydrogens (tertiary/aromatic N) is 3. The molecule has 1 amide bonds. The molecule has 1 N–H and O–H groups in total. The Morgan fingerprint density at radius 1 is 1.47 bits per heavy atom. The van der Waals surface area contributed by atoms with E-state index in [2.05, 4.69) is 15.3 Å². The molecule has 6 nitrogen and oxygen atoms in total. The van der Waals surface area contributed by atoms with Gasteiger partial charge in [0.25, 0.3) is 5.91 Å². The first-order valence-electron chi connectivity index (χ1n) is 6.00. The van der Waals surface area contributed by atoms with Crippen LogP contribution < -0.4 is 10.1 Å². The zero-order valence-electron chi connectivity index (χ0n) is 11.2. The van der Waals surface area contributed by atoms with Crippen LogP contribution in [0.2, 0.25) is 0 Å². The SMILES string of the molecule is CCOc1nc(C)ccc1C(=O)Nc1cn(C)cn1. The molecular weight excluding hydrogens is 244 g/mol. The van der Waals surface area contributed by atoms with Gasteiger partial charge in [-0.25, -0.2) is 9.97 Å². The zero-order chi connectivity index (χ0) is 13.8. The second kappa shape index (κ2) is 5.51. The lowest BCUT2D eigenvalue weighted by Crippen LogP contribution is -2.15. The molecule has 0 aliphatic heterocycles. The fraction of sp³-hybridized carbons (Fsp3) is 0.308. The maximum Gasteiger partial charge on any atom is 0.262 e. The van der Waals surface area contributed by atoms with E-state index in [4.69, 9.17) is 4.74 Å². The summed E-state index contributed by atoms with van der Waals surface area (Å²) in [5.41, 5.74) is 1.20. The molecule has 0 fully saturated rings. The van der Waals surface area contributed by atoms with Crippen molar-refractivity contribution in [2.24, 2.45) is 7.05 Å². The van der Waals surface area contributed by atoms with Gasteiger partial charge in [0, 0.05) is 18.9 Å². The third-order valence-corrected chi connectivity index (χ3v) is 2.47. The van der Waals surface area contributed by atoms with Crippen molar-refractivity contribution in [2.75, 3.05) is 11.9 Å². The summed E-state index contributed by atoms with van der Waals surface area (Å²) in [6.07, 6.45) is 3.34. The molecule has 0 aliphatic rings. The number of imidazole rings is 1. The summed E-state index contributed by atoms with van der Waals surface area (Å²) in [6.45, 7) is 4.16. The van der Waals surface area contributed by atoms with Crippen LogP contribution in [-0.2, 0) is 7.05 Å². The molecule has 100 valence electrons. The number of carbonyl (C=O) groups is 1. The topological polar surface area (TPSA) is 69.0 Å². The van der Waals surface area contributed by atoms with Crippen LogP contribution in [-0.4, -0.2) is 27.0 Å². The molecule has 0 radical (unpaired) electrons. The van der Waals surface area contributed by atoms with Crippen LogP contribution in [0.15, 0.2) is 24.7 Å². The van der Waals surface area contributed by atoms with E-state index in [0.29, 0.717) is 23.9 Å². The summed E-state index contributed by atoms with van der Waals surface area (Å²) in [6, 6.07) is 3.47. The average Bonchev–Trinajstić information content (AvgIpc) is 2.75. The van der Waals surface area contributed by atoms with Crippen LogP contribution in [0.1, 0.15) is 23.0 Å². The minimum atomic E-state index is -0.283. The van der Waals surface area contributed by atoms with Crippen molar-refractivity contribution in [2.45, 2.75) is 13.8 Å². The number of carbonyl (C=O) groups excluding carboxylic acids is 1. The van der Waals surface area contributed by atoms with Gasteiger partial charge in [0.1, 0.15) is 5.56 Å². The van der Waals surface area contributed by atoms with Crippen LogP contribution in [0.5, 0.6) is 5.88 Å². The summed E-state index contributed by atoms with van der Waals surface area (Å²) in [5.74, 6) is 0.557. The number of pyridine rings is 1. The molecule has 2 rings (SSSR count). The standard InChI is InChI=1S/C13H16N4O2/c1-4-19-13-10(6-5-9(2)15-13)12(18)16-11-7-17(3)8-14-11/h5-8H,4H2,1-3H3,(H,16,18). The van der Waals surface area contributed by atoms with Crippen molar-refractivity contribution in [3.8, 4) is 5.88 Å². The summed E-state index contributed by atoms with van der Waals surface area (Å²) >= 11 is 0. The molecule has 0 saturated carbocycles. The normalized spacial score (nSPS) is 10.3. The van der Waals surface area contributed by atoms with E-state index in [0.717, 1.165) is 5.69 Å². The largest absolute Gasteiger partial charge is 0.477 e. The Hall–Kier alpha value is -2.37. The number of aryl methyl sites for hydroxylation is 2. The van der Waals surface area contributed by atoms with Crippen molar-refractivity contribution in [1.29, 1.82) is 0 Å². The van der Waals surface area contributed by atoms with Crippen molar-refractivity contribution in [3.63, 3.8) is 0 Å². The van der Waals surface area contributed by atoms with Gasteiger partial charge in [0.2, 0.25) is 5.88 Å². The van der Waals surface area contributed by atoms with Crippen LogP contribution in [0.4, 0.5) is 5.82 Å². The first-order chi connectivity index (χ1) is 9.10. The Morgan fingerprint density at radius 2 is 2.26 bits per heavy atom. The quantitative estimate of drug-likeness (QED) is 0.909. The van der Waals surface area contributed by atoms with Gasteiger partial charge >= 0.3 is 0 Å². The molecule has 6 heteroatoms. The van der Waals surface area contributed by atoms with Gasteiger partial charge in [-0.05, 0) is 26.0 Å². The number of ether oxygens (including phenoxy) is 1. The molecule has 19 heavy (non-hydrogen) atoms. The number of amides is 1. The number of hydrogen-bond acceptors (Lipinski definition) is 4. The van der Waals surface area contributed by atoms with Crippen molar-refractivity contribution < 1.29 is 9.53 Å². The summed E-state index contributed by atoms with van der Waals surface area (Å²) < 4.78 is 7.14. The predicted molar refractivity (Wildman–Crippen MR) is 71.3 cm³/mol. The van der Waals surface area contributed by atoms with Gasteiger partial charge in [0.05, 0.1) is 12.9 Å². The van der Waals surface area contributed by atoms with E-state index in [1.54, 1.807) is 29.2 Å². The van der Waals surface area contributed by atoms with Crippen molar-refractivity contribution in [1.82, 2.24) is 14.5 Å². The molecule has 0 aliphatic carbocycles. The van der Waals surface area contributed by atoms with Gasteiger partial charge in [-0.2, -0.15) is 0 Å². The van der Waals surface area contributed by atoms with Crippen LogP contribution in [0.25, 0.3) is 0 Å². The second-order valence-electron chi connectivity index (χ2n) is 4.12. The zero-order valence-corrected chi connectivity index (χ0v) is 11.2. The Kier molecular flexibility index (Phi) is 3.79. The number of nitrogens with one attached hydrogen (secondary N) is 1. The molecule has 0 saturated heterocycles. The Labute approximate surface area is 111 Å². The van der Waals surface area contributed by atoms with Crippen molar-refractivity contribution in [3.05, 3.63) is 35.9 Å². The second-order valence-corrected chi connectivity index (χ2v) is 4.12. The average molecular weight is 260 g/mol. The highest BCUT2D eigenvalue weighted by Crippen LogP contribution is 2.17. The van der Waals surface area contributed by atoms with Gasteiger partial charge in [0.15, 0.2) is 5.82 Å². The molecule has 0 atom stereocenters. The summed E-state index contributed by atoms with van der Waals surface area (Å²) in [7, 11) is 1.84. The highest BCUT2D eigenvalue weighted by atomic mass is 16.5. The molecule has 2 aromatic heterocycles. The fourth-order valence-corrected chi connectivity index (χ4v) is 1.61. The Morgan fingerprint density at radius 3 is 2.89 bits per heavy atom. The van der Waals surface area contributed by atoms with E-state index in [1.165, 1.54) is 0 Å². The molecule has 0 spiro atoms. The molecule has 0 unspecified atom stereocenters. The Bertz CT molecular complexity index is 592. The minimum absolute atomic E-state index is 0.283. The van der Waals surface area contributed by atoms with Crippen LogP contribution in [0, 0.1) is 6.92 Å². The third-order valence-electron chi connectivity index (χ3n) is 2.47. The first-order valence-corrected chi connectivity index (χ1v) is 6.00. The van der Waals surface area contributed by atoms with E-state index < -0.39 is 0 Å². The van der Waals surface area contributed by atoms with Gasteiger partial charge < -0.3 is 14.6 Å². The van der Waals surface area contributed by atoms with E-state index >= 15 is 0 Å². The lowest BCUT2D eigenvalue weighted by atomic mass is 10.2. The van der Waals surface area contributed by atoms with E-state index in [1.807, 2.05) is 20.9 Å².